The molecule has 0 spiro atoms. The van der Waals surface area contributed by atoms with Crippen molar-refractivity contribution in [3.63, 3.8) is 0 Å². The van der Waals surface area contributed by atoms with Crippen LogP contribution >= 0.6 is 28.1 Å². The average molecular weight is 261 g/mol. The number of rotatable bonds is 2. The van der Waals surface area contributed by atoms with Crippen molar-refractivity contribution in [1.82, 2.24) is 0 Å². The first-order chi connectivity index (χ1) is 6.06. The van der Waals surface area contributed by atoms with Crippen LogP contribution in [0.15, 0.2) is 16.6 Å². The number of carboxylic acid groups (broad SMARTS) is 1. The van der Waals surface area contributed by atoms with Crippen LogP contribution in [0.3, 0.4) is 0 Å². The molecule has 0 heterocycles. The molecule has 1 aromatic carbocycles. The number of hydrogen-bond acceptors (Lipinski definition) is 3. The highest BCUT2D eigenvalue weighted by Gasteiger charge is 2.11. The van der Waals surface area contributed by atoms with Gasteiger partial charge in [-0.3, -0.25) is 0 Å². The summed E-state index contributed by atoms with van der Waals surface area (Å²) in [6.45, 7) is 0. The van der Waals surface area contributed by atoms with Gasteiger partial charge in [0, 0.05) is 15.4 Å². The zero-order chi connectivity index (χ0) is 10.0. The van der Waals surface area contributed by atoms with Gasteiger partial charge >= 0.3 is 5.97 Å². The number of halogens is 1. The van der Waals surface area contributed by atoms with E-state index in [0.29, 0.717) is 10.0 Å². The molecule has 68 valence electrons. The van der Waals surface area contributed by atoms with Crippen LogP contribution in [0.2, 0.25) is 0 Å². The molecule has 5 heteroatoms. The lowest BCUT2D eigenvalue weighted by molar-refractivity contribution is 0.0695. The van der Waals surface area contributed by atoms with Gasteiger partial charge in [0.25, 0.3) is 0 Å². The maximum atomic E-state index is 10.6. The van der Waals surface area contributed by atoms with Crippen LogP contribution in [-0.2, 0) is 0 Å². The fourth-order valence-corrected chi connectivity index (χ4v) is 1.55. The van der Waals surface area contributed by atoms with Crippen molar-refractivity contribution in [1.29, 1.82) is 0 Å². The highest BCUT2D eigenvalue weighted by atomic mass is 79.9. The summed E-state index contributed by atoms with van der Waals surface area (Å²) in [4.78, 5) is 10.6. The zero-order valence-corrected chi connectivity index (χ0v) is 8.72. The van der Waals surface area contributed by atoms with Crippen LogP contribution in [0.25, 0.3) is 0 Å². The fraction of sp³-hybridized carbons (Fsp3) is 0. The molecule has 0 saturated heterocycles. The van der Waals surface area contributed by atoms with E-state index in [1.54, 1.807) is 0 Å². The average Bonchev–Trinajstić information content (AvgIpc) is 2.07. The van der Waals surface area contributed by atoms with Gasteiger partial charge in [0.1, 0.15) is 5.75 Å². The van der Waals surface area contributed by atoms with E-state index in [1.807, 2.05) is 0 Å². The van der Waals surface area contributed by atoms with E-state index in [4.69, 9.17) is 5.11 Å². The predicted octanol–water partition coefficient (Wildman–Crippen LogP) is 2.20. The SMILES string of the molecule is O=C(O)c1cc(O)c(C=S)cc1Br. The Morgan fingerprint density at radius 3 is 2.62 bits per heavy atom. The van der Waals surface area contributed by atoms with Crippen LogP contribution in [-0.4, -0.2) is 21.5 Å². The van der Waals surface area contributed by atoms with E-state index in [2.05, 4.69) is 28.1 Å². The molecule has 1 aromatic rings. The number of carbonyl (C=O) groups is 1. The molecular weight excluding hydrogens is 256 g/mol. The van der Waals surface area contributed by atoms with Crippen molar-refractivity contribution in [2.75, 3.05) is 0 Å². The normalized spacial score (nSPS) is 9.62. The van der Waals surface area contributed by atoms with Crippen molar-refractivity contribution < 1.29 is 15.0 Å². The predicted molar refractivity (Wildman–Crippen MR) is 55.5 cm³/mol. The summed E-state index contributed by atoms with van der Waals surface area (Å²) in [6.07, 6.45) is 0. The van der Waals surface area contributed by atoms with Crippen molar-refractivity contribution in [2.45, 2.75) is 0 Å². The first kappa shape index (κ1) is 10.1. The quantitative estimate of drug-likeness (QED) is 0.801. The Bertz CT molecular complexity index is 376. The molecule has 0 aliphatic carbocycles. The number of hydrogen-bond donors (Lipinski definition) is 2. The Kier molecular flexibility index (Phi) is 3.00. The number of aromatic hydroxyl groups is 1. The summed E-state index contributed by atoms with van der Waals surface area (Å²) in [5.74, 6) is -1.23. The molecule has 0 aliphatic rings. The molecule has 13 heavy (non-hydrogen) atoms. The van der Waals surface area contributed by atoms with Gasteiger partial charge in [-0.15, -0.1) is 0 Å². The van der Waals surface area contributed by atoms with E-state index >= 15 is 0 Å². The molecule has 0 aromatic heterocycles. The molecule has 2 N–H and O–H groups in total. The molecule has 0 bridgehead atoms. The van der Waals surface area contributed by atoms with Gasteiger partial charge in [0.2, 0.25) is 0 Å². The second-order valence-corrected chi connectivity index (χ2v) is 3.40. The minimum absolute atomic E-state index is 0.0121. The third-order valence-corrected chi connectivity index (χ3v) is 2.38. The van der Waals surface area contributed by atoms with Gasteiger partial charge in [-0.2, -0.15) is 0 Å². The molecular formula is C8H5BrO3S. The van der Waals surface area contributed by atoms with Crippen molar-refractivity contribution in [2.24, 2.45) is 0 Å². The van der Waals surface area contributed by atoms with Crippen LogP contribution < -0.4 is 0 Å². The van der Waals surface area contributed by atoms with Crippen molar-refractivity contribution in [3.8, 4) is 5.75 Å². The van der Waals surface area contributed by atoms with E-state index in [9.17, 15) is 9.90 Å². The highest BCUT2D eigenvalue weighted by Crippen LogP contribution is 2.25. The molecule has 0 aliphatic heterocycles. The zero-order valence-electron chi connectivity index (χ0n) is 6.32. The van der Waals surface area contributed by atoms with Crippen molar-refractivity contribution in [3.05, 3.63) is 27.7 Å². The first-order valence-electron chi connectivity index (χ1n) is 3.27. The maximum Gasteiger partial charge on any atom is 0.336 e. The number of phenols is 1. The Labute approximate surface area is 88.1 Å². The monoisotopic (exact) mass is 260 g/mol. The summed E-state index contributed by atoms with van der Waals surface area (Å²) in [7, 11) is 0. The lowest BCUT2D eigenvalue weighted by Crippen LogP contribution is -1.98. The second-order valence-electron chi connectivity index (χ2n) is 2.31. The third-order valence-electron chi connectivity index (χ3n) is 1.47. The smallest absolute Gasteiger partial charge is 0.336 e. The molecule has 0 unspecified atom stereocenters. The van der Waals surface area contributed by atoms with Gasteiger partial charge in [0.15, 0.2) is 0 Å². The lowest BCUT2D eigenvalue weighted by Gasteiger charge is -2.02. The number of benzene rings is 1. The maximum absolute atomic E-state index is 10.6. The number of thiocarbonyl (C=S) groups is 1. The van der Waals surface area contributed by atoms with Gasteiger partial charge in [-0.25, -0.2) is 4.79 Å². The Morgan fingerprint density at radius 2 is 2.15 bits per heavy atom. The van der Waals surface area contributed by atoms with E-state index in [1.165, 1.54) is 11.4 Å². The first-order valence-corrected chi connectivity index (χ1v) is 4.53. The molecule has 1 rings (SSSR count). The van der Waals surface area contributed by atoms with E-state index in [0.717, 1.165) is 6.07 Å². The van der Waals surface area contributed by atoms with Crippen LogP contribution in [0, 0.1) is 0 Å². The minimum Gasteiger partial charge on any atom is -0.507 e. The topological polar surface area (TPSA) is 57.5 Å². The largest absolute Gasteiger partial charge is 0.507 e. The lowest BCUT2D eigenvalue weighted by atomic mass is 10.1. The highest BCUT2D eigenvalue weighted by molar-refractivity contribution is 9.10. The summed E-state index contributed by atoms with van der Waals surface area (Å²) in [6, 6.07) is 2.62. The Balaban J connectivity index is 3.36. The molecule has 0 fully saturated rings. The van der Waals surface area contributed by atoms with Gasteiger partial charge in [-0.1, -0.05) is 12.2 Å². The Hall–Kier alpha value is -0.940. The van der Waals surface area contributed by atoms with Crippen LogP contribution in [0.4, 0.5) is 0 Å². The van der Waals surface area contributed by atoms with Crippen LogP contribution in [0.1, 0.15) is 15.9 Å². The minimum atomic E-state index is -1.10. The van der Waals surface area contributed by atoms with E-state index < -0.39 is 5.97 Å². The molecule has 0 atom stereocenters. The van der Waals surface area contributed by atoms with E-state index in [-0.39, 0.29) is 11.3 Å². The van der Waals surface area contributed by atoms with Gasteiger partial charge in [-0.05, 0) is 28.1 Å². The summed E-state index contributed by atoms with van der Waals surface area (Å²) in [5.41, 5.74) is 0.435. The number of aromatic carboxylic acids is 1. The van der Waals surface area contributed by atoms with Crippen molar-refractivity contribution >= 4 is 39.5 Å². The molecule has 0 amide bonds. The Morgan fingerprint density at radius 1 is 1.54 bits per heavy atom. The fourth-order valence-electron chi connectivity index (χ4n) is 0.835. The van der Waals surface area contributed by atoms with Gasteiger partial charge < -0.3 is 10.2 Å². The summed E-state index contributed by atoms with van der Waals surface area (Å²) < 4.78 is 0.397. The third kappa shape index (κ3) is 2.05. The second kappa shape index (κ2) is 3.85. The number of carboxylic acids is 1. The number of phenolic OH excluding ortho intramolecular Hbond substituents is 1. The molecule has 0 saturated carbocycles. The molecule has 3 nitrogen and oxygen atoms in total. The summed E-state index contributed by atoms with van der Waals surface area (Å²) in [5, 5.41) is 19.2. The van der Waals surface area contributed by atoms with Crippen LogP contribution in [0.5, 0.6) is 5.75 Å². The molecule has 0 radical (unpaired) electrons. The van der Waals surface area contributed by atoms with Gasteiger partial charge in [0.05, 0.1) is 5.56 Å². The summed E-state index contributed by atoms with van der Waals surface area (Å²) >= 11 is 7.69. The standard InChI is InChI=1S/C8H5BrO3S/c9-6-1-4(3-13)7(10)2-5(6)8(11)12/h1-3,10H,(H,11,12).